The van der Waals surface area contributed by atoms with E-state index in [4.69, 9.17) is 0 Å². The van der Waals surface area contributed by atoms with Crippen molar-refractivity contribution < 1.29 is 0 Å². The molecule has 0 spiro atoms. The van der Waals surface area contributed by atoms with Gasteiger partial charge in [-0.15, -0.1) is 0 Å². The second-order valence-electron chi connectivity index (χ2n) is 7.03. The summed E-state index contributed by atoms with van der Waals surface area (Å²) in [6.45, 7) is 0. The van der Waals surface area contributed by atoms with Crippen molar-refractivity contribution in [3.8, 4) is 22.3 Å². The molecule has 0 saturated heterocycles. The lowest BCUT2D eigenvalue weighted by Gasteiger charge is -2.17. The van der Waals surface area contributed by atoms with Gasteiger partial charge in [-0.1, -0.05) is 113 Å². The van der Waals surface area contributed by atoms with Gasteiger partial charge in [-0.2, -0.15) is 0 Å². The fourth-order valence-corrected chi connectivity index (χ4v) is 4.64. The third-order valence-electron chi connectivity index (χ3n) is 5.40. The standard InChI is InChI=1S/C27H19Br/c28-18-22-12-5-6-14-23(22)25-16-8-13-21-17-20-11-4-7-15-24(20)26(27(21)25)19-9-2-1-3-10-19/h1-17H,18H2. The smallest absolute Gasteiger partial charge is 0.0289 e. The lowest BCUT2D eigenvalue weighted by molar-refractivity contribution is 1.43. The molecule has 0 heterocycles. The van der Waals surface area contributed by atoms with Crippen LogP contribution in [-0.2, 0) is 5.33 Å². The molecule has 0 amide bonds. The highest BCUT2D eigenvalue weighted by Gasteiger charge is 2.15. The van der Waals surface area contributed by atoms with Crippen LogP contribution in [0.2, 0.25) is 0 Å². The van der Waals surface area contributed by atoms with Crippen molar-refractivity contribution in [3.05, 3.63) is 109 Å². The molecule has 0 radical (unpaired) electrons. The van der Waals surface area contributed by atoms with Crippen LogP contribution in [0.3, 0.4) is 0 Å². The fraction of sp³-hybridized carbons (Fsp3) is 0.0370. The van der Waals surface area contributed by atoms with E-state index in [-0.39, 0.29) is 0 Å². The van der Waals surface area contributed by atoms with Crippen LogP contribution in [0, 0.1) is 0 Å². The summed E-state index contributed by atoms with van der Waals surface area (Å²) < 4.78 is 0. The van der Waals surface area contributed by atoms with Crippen LogP contribution in [0.4, 0.5) is 0 Å². The number of benzene rings is 5. The summed E-state index contributed by atoms with van der Waals surface area (Å²) in [4.78, 5) is 0. The van der Waals surface area contributed by atoms with Gasteiger partial charge in [0, 0.05) is 5.33 Å². The molecule has 0 nitrogen and oxygen atoms in total. The van der Waals surface area contributed by atoms with Gasteiger partial charge >= 0.3 is 0 Å². The molecule has 0 fully saturated rings. The second-order valence-corrected chi connectivity index (χ2v) is 7.59. The van der Waals surface area contributed by atoms with Gasteiger partial charge in [0.15, 0.2) is 0 Å². The number of hydrogen-bond donors (Lipinski definition) is 0. The van der Waals surface area contributed by atoms with Crippen LogP contribution in [0.15, 0.2) is 103 Å². The zero-order valence-corrected chi connectivity index (χ0v) is 17.0. The Hall–Kier alpha value is -2.90. The first-order valence-corrected chi connectivity index (χ1v) is 10.6. The largest absolute Gasteiger partial charge is 0.0876 e. The van der Waals surface area contributed by atoms with Crippen molar-refractivity contribution in [2.75, 3.05) is 0 Å². The number of halogens is 1. The predicted molar refractivity (Wildman–Crippen MR) is 125 cm³/mol. The van der Waals surface area contributed by atoms with E-state index in [1.54, 1.807) is 0 Å². The number of rotatable bonds is 3. The third-order valence-corrected chi connectivity index (χ3v) is 6.01. The Kier molecular flexibility index (Phi) is 4.46. The van der Waals surface area contributed by atoms with E-state index in [1.165, 1.54) is 49.4 Å². The Labute approximate surface area is 173 Å². The number of fused-ring (bicyclic) bond motifs is 2. The lowest BCUT2D eigenvalue weighted by atomic mass is 9.87. The average Bonchev–Trinajstić information content (AvgIpc) is 2.77. The van der Waals surface area contributed by atoms with Crippen LogP contribution in [-0.4, -0.2) is 0 Å². The lowest BCUT2D eigenvalue weighted by Crippen LogP contribution is -1.91. The summed E-state index contributed by atoms with van der Waals surface area (Å²) in [5.74, 6) is 0. The van der Waals surface area contributed by atoms with Crippen LogP contribution >= 0.6 is 15.9 Å². The minimum atomic E-state index is 0.841. The predicted octanol–water partition coefficient (Wildman–Crippen LogP) is 8.22. The number of alkyl halides is 1. The number of hydrogen-bond acceptors (Lipinski definition) is 0. The zero-order chi connectivity index (χ0) is 18.9. The maximum Gasteiger partial charge on any atom is 0.0289 e. The van der Waals surface area contributed by atoms with E-state index < -0.39 is 0 Å². The summed E-state index contributed by atoms with van der Waals surface area (Å²) >= 11 is 3.67. The molecule has 0 aromatic heterocycles. The van der Waals surface area contributed by atoms with E-state index in [1.807, 2.05) is 0 Å². The molecule has 0 unspecified atom stereocenters. The average molecular weight is 423 g/mol. The minimum absolute atomic E-state index is 0.841. The first-order chi connectivity index (χ1) is 13.9. The molecule has 28 heavy (non-hydrogen) atoms. The Bertz CT molecular complexity index is 1290. The maximum absolute atomic E-state index is 3.67. The molecule has 0 saturated carbocycles. The fourth-order valence-electron chi connectivity index (χ4n) is 4.15. The third kappa shape index (κ3) is 2.83. The highest BCUT2D eigenvalue weighted by molar-refractivity contribution is 9.08. The van der Waals surface area contributed by atoms with Crippen molar-refractivity contribution in [2.45, 2.75) is 5.33 Å². The molecule has 0 atom stereocenters. The van der Waals surface area contributed by atoms with Crippen LogP contribution in [0.25, 0.3) is 43.8 Å². The van der Waals surface area contributed by atoms with Crippen molar-refractivity contribution in [1.29, 1.82) is 0 Å². The van der Waals surface area contributed by atoms with Gasteiger partial charge < -0.3 is 0 Å². The topological polar surface area (TPSA) is 0 Å². The van der Waals surface area contributed by atoms with Gasteiger partial charge in [-0.3, -0.25) is 0 Å². The summed E-state index contributed by atoms with van der Waals surface area (Å²) in [5, 5.41) is 6.01. The SMILES string of the molecule is BrCc1ccccc1-c1cccc2cc3ccccc3c(-c3ccccc3)c12. The summed E-state index contributed by atoms with van der Waals surface area (Å²) in [5.41, 5.74) is 6.46. The van der Waals surface area contributed by atoms with Gasteiger partial charge in [0.25, 0.3) is 0 Å². The van der Waals surface area contributed by atoms with Gasteiger partial charge in [0.1, 0.15) is 0 Å². The highest BCUT2D eigenvalue weighted by Crippen LogP contribution is 2.42. The van der Waals surface area contributed by atoms with E-state index >= 15 is 0 Å². The van der Waals surface area contributed by atoms with Crippen LogP contribution < -0.4 is 0 Å². The first kappa shape index (κ1) is 17.2. The molecular weight excluding hydrogens is 404 g/mol. The first-order valence-electron chi connectivity index (χ1n) is 9.51. The van der Waals surface area contributed by atoms with E-state index in [0.717, 1.165) is 5.33 Å². The normalized spacial score (nSPS) is 11.2. The monoisotopic (exact) mass is 422 g/mol. The molecule has 0 aliphatic heterocycles. The molecule has 1 heteroatoms. The minimum Gasteiger partial charge on any atom is -0.0876 e. The molecule has 0 aliphatic rings. The van der Waals surface area contributed by atoms with Crippen LogP contribution in [0.5, 0.6) is 0 Å². The van der Waals surface area contributed by atoms with Gasteiger partial charge in [0.2, 0.25) is 0 Å². The quantitative estimate of drug-likeness (QED) is 0.203. The Morgan fingerprint density at radius 1 is 0.571 bits per heavy atom. The van der Waals surface area contributed by atoms with Crippen molar-refractivity contribution in [3.63, 3.8) is 0 Å². The molecule has 0 aliphatic carbocycles. The molecule has 134 valence electrons. The molecular formula is C27H19Br. The maximum atomic E-state index is 3.67. The summed E-state index contributed by atoms with van der Waals surface area (Å²) in [6, 6.07) is 37.1. The Morgan fingerprint density at radius 2 is 1.25 bits per heavy atom. The molecule has 5 rings (SSSR count). The van der Waals surface area contributed by atoms with Crippen LogP contribution in [0.1, 0.15) is 5.56 Å². The Balaban J connectivity index is 1.98. The zero-order valence-electron chi connectivity index (χ0n) is 15.4. The highest BCUT2D eigenvalue weighted by atomic mass is 79.9. The molecule has 0 N–H and O–H groups in total. The molecule has 0 bridgehead atoms. The van der Waals surface area contributed by atoms with Gasteiger partial charge in [0.05, 0.1) is 0 Å². The van der Waals surface area contributed by atoms with E-state index in [9.17, 15) is 0 Å². The van der Waals surface area contributed by atoms with Crippen molar-refractivity contribution in [2.24, 2.45) is 0 Å². The molecule has 5 aromatic carbocycles. The summed E-state index contributed by atoms with van der Waals surface area (Å²) in [7, 11) is 0. The van der Waals surface area contributed by atoms with Crippen molar-refractivity contribution >= 4 is 37.5 Å². The van der Waals surface area contributed by atoms with E-state index in [0.29, 0.717) is 0 Å². The van der Waals surface area contributed by atoms with Gasteiger partial charge in [-0.25, -0.2) is 0 Å². The summed E-state index contributed by atoms with van der Waals surface area (Å²) in [6.07, 6.45) is 0. The van der Waals surface area contributed by atoms with E-state index in [2.05, 4.69) is 119 Å². The second kappa shape index (κ2) is 7.26. The van der Waals surface area contributed by atoms with Gasteiger partial charge in [-0.05, 0) is 55.4 Å². The Morgan fingerprint density at radius 3 is 2.11 bits per heavy atom. The van der Waals surface area contributed by atoms with Crippen molar-refractivity contribution in [1.82, 2.24) is 0 Å². The molecule has 5 aromatic rings.